The molecule has 0 heterocycles. The molecular weight excluding hydrogens is 546 g/mol. The summed E-state index contributed by atoms with van der Waals surface area (Å²) in [5.41, 5.74) is 2.70. The van der Waals surface area contributed by atoms with Crippen LogP contribution in [-0.4, -0.2) is 10.2 Å². The molecule has 37 heavy (non-hydrogen) atoms. The number of phenolic OH excluding ortho intramolecular Hbond substituents is 2. The van der Waals surface area contributed by atoms with Crippen molar-refractivity contribution < 1.29 is 45.2 Å². The van der Waals surface area contributed by atoms with Gasteiger partial charge in [0.2, 0.25) is 0 Å². The Kier molecular flexibility index (Phi) is 11.9. The van der Waals surface area contributed by atoms with Crippen molar-refractivity contribution in [1.29, 1.82) is 0 Å². The van der Waals surface area contributed by atoms with Crippen molar-refractivity contribution in [1.82, 2.24) is 0 Å². The molecule has 0 aromatic heterocycles. The zero-order valence-electron chi connectivity index (χ0n) is 20.7. The Labute approximate surface area is 235 Å². The predicted molar refractivity (Wildman–Crippen MR) is 145 cm³/mol. The Balaban J connectivity index is 0.000000173. The van der Waals surface area contributed by atoms with E-state index in [1.807, 2.05) is 0 Å². The van der Waals surface area contributed by atoms with E-state index in [4.69, 9.17) is 10.2 Å². The van der Waals surface area contributed by atoms with E-state index < -0.39 is 0 Å². The van der Waals surface area contributed by atoms with E-state index in [2.05, 4.69) is 86.6 Å². The zero-order valence-corrected chi connectivity index (χ0v) is 23.2. The van der Waals surface area contributed by atoms with Crippen LogP contribution in [-0.2, 0) is 26.2 Å². The van der Waals surface area contributed by atoms with Gasteiger partial charge < -0.3 is 10.2 Å². The Hall–Kier alpha value is -3.56. The van der Waals surface area contributed by atoms with Gasteiger partial charge in [0.25, 0.3) is 0 Å². The second-order valence-corrected chi connectivity index (χ2v) is 8.28. The minimum Gasteiger partial charge on any atom is -0.508 e. The minimum absolute atomic E-state index is 0. The van der Waals surface area contributed by atoms with Crippen molar-refractivity contribution in [2.75, 3.05) is 0 Å². The Morgan fingerprint density at radius 2 is 0.838 bits per heavy atom. The van der Waals surface area contributed by atoms with Crippen LogP contribution in [0, 0.1) is 25.5 Å². The molecule has 0 atom stereocenters. The summed E-state index contributed by atoms with van der Waals surface area (Å²) in [7, 11) is 0. The molecule has 2 nitrogen and oxygen atoms in total. The third-order valence-corrected chi connectivity index (χ3v) is 5.18. The fourth-order valence-electron chi connectivity index (χ4n) is 3.49. The van der Waals surface area contributed by atoms with E-state index in [-0.39, 0.29) is 49.3 Å². The standard InChI is InChI=1S/2C10H9.2C6H5FO.Zr/c2*1-8-6-9-4-2-3-5-10(9)7-8;2*7-5-1-3-6(8)4-2-5;/h2*2-7H,1H3;2*1-4,8H;/q2*-1;;;+2. The smallest absolute Gasteiger partial charge is 0.508 e. The van der Waals surface area contributed by atoms with Crippen molar-refractivity contribution in [3.05, 3.63) is 144 Å². The third kappa shape index (κ3) is 10.1. The van der Waals surface area contributed by atoms with Crippen LogP contribution in [0.2, 0.25) is 0 Å². The van der Waals surface area contributed by atoms with Gasteiger partial charge in [-0.25, -0.2) is 8.78 Å². The van der Waals surface area contributed by atoms with Crippen LogP contribution < -0.4 is 0 Å². The van der Waals surface area contributed by atoms with Crippen molar-refractivity contribution in [3.8, 4) is 11.5 Å². The Morgan fingerprint density at radius 1 is 0.514 bits per heavy atom. The summed E-state index contributed by atoms with van der Waals surface area (Å²) < 4.78 is 24.0. The third-order valence-electron chi connectivity index (χ3n) is 5.18. The Bertz CT molecular complexity index is 1260. The van der Waals surface area contributed by atoms with Gasteiger partial charge in [-0.15, -0.1) is 81.2 Å². The first-order chi connectivity index (χ1) is 17.3. The number of aromatic hydroxyl groups is 2. The molecule has 0 aliphatic rings. The molecule has 6 aromatic rings. The second kappa shape index (κ2) is 14.9. The van der Waals surface area contributed by atoms with Crippen molar-refractivity contribution in [2.45, 2.75) is 13.8 Å². The summed E-state index contributed by atoms with van der Waals surface area (Å²) in [5.74, 6) is -0.483. The molecule has 0 aliphatic heterocycles. The van der Waals surface area contributed by atoms with Gasteiger partial charge in [0.1, 0.15) is 23.1 Å². The molecule has 0 bridgehead atoms. The van der Waals surface area contributed by atoms with Gasteiger partial charge in [-0.2, -0.15) is 12.1 Å². The van der Waals surface area contributed by atoms with E-state index in [0.29, 0.717) is 0 Å². The van der Waals surface area contributed by atoms with Crippen molar-refractivity contribution in [3.63, 3.8) is 0 Å². The van der Waals surface area contributed by atoms with Crippen LogP contribution >= 0.6 is 0 Å². The molecule has 2 N–H and O–H groups in total. The van der Waals surface area contributed by atoms with E-state index >= 15 is 0 Å². The molecule has 0 radical (unpaired) electrons. The monoisotopic (exact) mass is 572 g/mol. The zero-order chi connectivity index (χ0) is 25.9. The molecular formula is C32H28F2O2Zr. The summed E-state index contributed by atoms with van der Waals surface area (Å²) >= 11 is 0. The maximum Gasteiger partial charge on any atom is 2.00 e. The van der Waals surface area contributed by atoms with Gasteiger partial charge in [-0.05, 0) is 48.5 Å². The topological polar surface area (TPSA) is 40.5 Å². The molecule has 0 saturated carbocycles. The van der Waals surface area contributed by atoms with Gasteiger partial charge in [-0.1, -0.05) is 26.0 Å². The van der Waals surface area contributed by atoms with Crippen LogP contribution in [0.3, 0.4) is 0 Å². The normalized spacial score (nSPS) is 9.62. The molecule has 0 fully saturated rings. The number of phenols is 2. The van der Waals surface area contributed by atoms with Gasteiger partial charge >= 0.3 is 26.2 Å². The first-order valence-corrected chi connectivity index (χ1v) is 11.4. The average Bonchev–Trinajstić information content (AvgIpc) is 3.44. The SMILES string of the molecule is Cc1cc2ccccc2[cH-]1.Cc1cc2ccccc2[cH-]1.Oc1ccc(F)cc1.Oc1ccc(F)cc1.[Zr+2]. The number of benzene rings is 4. The number of hydrogen-bond acceptors (Lipinski definition) is 2. The van der Waals surface area contributed by atoms with Gasteiger partial charge in [-0.3, -0.25) is 0 Å². The molecule has 5 heteroatoms. The summed E-state index contributed by atoms with van der Waals surface area (Å²) in [6, 6.07) is 35.7. The summed E-state index contributed by atoms with van der Waals surface area (Å²) in [5, 5.41) is 22.6. The summed E-state index contributed by atoms with van der Waals surface area (Å²) in [4.78, 5) is 0. The van der Waals surface area contributed by atoms with Gasteiger partial charge in [0.05, 0.1) is 0 Å². The molecule has 0 amide bonds. The van der Waals surface area contributed by atoms with E-state index in [0.717, 1.165) is 0 Å². The summed E-state index contributed by atoms with van der Waals surface area (Å²) in [6.45, 7) is 4.25. The van der Waals surface area contributed by atoms with Crippen LogP contribution in [0.4, 0.5) is 8.78 Å². The maximum atomic E-state index is 12.0. The van der Waals surface area contributed by atoms with E-state index in [1.54, 1.807) is 0 Å². The van der Waals surface area contributed by atoms with Crippen molar-refractivity contribution >= 4 is 21.5 Å². The van der Waals surface area contributed by atoms with E-state index in [9.17, 15) is 8.78 Å². The fourth-order valence-corrected chi connectivity index (χ4v) is 3.49. The van der Waals surface area contributed by atoms with Crippen LogP contribution in [0.25, 0.3) is 21.5 Å². The molecule has 6 aromatic carbocycles. The molecule has 0 spiro atoms. The predicted octanol–water partition coefficient (Wildman–Crippen LogP) is 8.79. The largest absolute Gasteiger partial charge is 2.00 e. The van der Waals surface area contributed by atoms with Gasteiger partial charge in [0.15, 0.2) is 0 Å². The molecule has 6 rings (SSSR count). The fraction of sp³-hybridized carbons (Fsp3) is 0.0625. The number of halogens is 2. The number of rotatable bonds is 0. The van der Waals surface area contributed by atoms with Crippen LogP contribution in [0.5, 0.6) is 11.5 Å². The Morgan fingerprint density at radius 3 is 1.14 bits per heavy atom. The molecule has 0 saturated heterocycles. The quantitative estimate of drug-likeness (QED) is 0.178. The maximum absolute atomic E-state index is 12.0. The number of aryl methyl sites for hydroxylation is 2. The van der Waals surface area contributed by atoms with Crippen LogP contribution in [0.1, 0.15) is 11.1 Å². The number of fused-ring (bicyclic) bond motifs is 2. The average molecular weight is 574 g/mol. The van der Waals surface area contributed by atoms with Crippen molar-refractivity contribution in [2.24, 2.45) is 0 Å². The first kappa shape index (κ1) is 29.7. The first-order valence-electron chi connectivity index (χ1n) is 11.4. The molecule has 0 unspecified atom stereocenters. The van der Waals surface area contributed by atoms with Crippen LogP contribution in [0.15, 0.2) is 121 Å². The second-order valence-electron chi connectivity index (χ2n) is 8.28. The molecule has 0 aliphatic carbocycles. The number of hydrogen-bond donors (Lipinski definition) is 2. The summed E-state index contributed by atoms with van der Waals surface area (Å²) in [6.07, 6.45) is 0. The molecule has 186 valence electrons. The van der Waals surface area contributed by atoms with E-state index in [1.165, 1.54) is 81.2 Å². The minimum atomic E-state index is -0.331. The van der Waals surface area contributed by atoms with Gasteiger partial charge in [0, 0.05) is 0 Å².